The van der Waals surface area contributed by atoms with Crippen molar-refractivity contribution in [2.75, 3.05) is 33.7 Å². The van der Waals surface area contributed by atoms with Gasteiger partial charge in [0.1, 0.15) is 11.5 Å². The monoisotopic (exact) mass is 265 g/mol. The van der Waals surface area contributed by atoms with Gasteiger partial charge < -0.3 is 19.5 Å². The van der Waals surface area contributed by atoms with E-state index in [1.807, 2.05) is 19.1 Å². The van der Waals surface area contributed by atoms with E-state index in [4.69, 9.17) is 4.42 Å². The summed E-state index contributed by atoms with van der Waals surface area (Å²) >= 11 is 0. The molecule has 0 spiro atoms. The SMILES string of the molecule is Cc1ccc(CNC(=O)C[C@@H]2CN(C)CCN2C)o1. The summed E-state index contributed by atoms with van der Waals surface area (Å²) in [6.07, 6.45) is 0.542. The number of likely N-dealkylation sites (N-methyl/N-ethyl adjacent to an activating group) is 2. The first-order chi connectivity index (χ1) is 9.04. The summed E-state index contributed by atoms with van der Waals surface area (Å²) in [6, 6.07) is 4.11. The molecule has 2 heterocycles. The van der Waals surface area contributed by atoms with Crippen LogP contribution in [0, 0.1) is 6.92 Å². The Hall–Kier alpha value is -1.33. The normalized spacial score (nSPS) is 21.5. The van der Waals surface area contributed by atoms with Crippen molar-refractivity contribution in [3.05, 3.63) is 23.7 Å². The number of hydrogen-bond acceptors (Lipinski definition) is 4. The van der Waals surface area contributed by atoms with E-state index in [2.05, 4.69) is 29.2 Å². The Labute approximate surface area is 114 Å². The van der Waals surface area contributed by atoms with E-state index in [0.29, 0.717) is 19.0 Å². The van der Waals surface area contributed by atoms with E-state index in [1.165, 1.54) is 0 Å². The molecule has 5 nitrogen and oxygen atoms in total. The lowest BCUT2D eigenvalue weighted by Gasteiger charge is -2.37. The number of nitrogens with zero attached hydrogens (tertiary/aromatic N) is 2. The third-order valence-electron chi connectivity index (χ3n) is 3.66. The Morgan fingerprint density at radius 2 is 2.21 bits per heavy atom. The number of carbonyl (C=O) groups excluding carboxylic acids is 1. The zero-order valence-electron chi connectivity index (χ0n) is 12.0. The molecule has 0 bridgehead atoms. The Morgan fingerprint density at radius 1 is 1.42 bits per heavy atom. The Balaban J connectivity index is 1.77. The van der Waals surface area contributed by atoms with Crippen LogP contribution in [0.5, 0.6) is 0 Å². The van der Waals surface area contributed by atoms with Gasteiger partial charge in [-0.3, -0.25) is 4.79 Å². The number of carbonyl (C=O) groups is 1. The lowest BCUT2D eigenvalue weighted by molar-refractivity contribution is -0.123. The summed E-state index contributed by atoms with van der Waals surface area (Å²) < 4.78 is 5.43. The second-order valence-electron chi connectivity index (χ2n) is 5.39. The molecule has 1 aromatic rings. The van der Waals surface area contributed by atoms with Crippen LogP contribution in [0.4, 0.5) is 0 Å². The van der Waals surface area contributed by atoms with Gasteiger partial charge in [-0.05, 0) is 33.2 Å². The molecule has 0 unspecified atom stereocenters. The first-order valence-electron chi connectivity index (χ1n) is 6.75. The minimum Gasteiger partial charge on any atom is -0.465 e. The number of aryl methyl sites for hydroxylation is 1. The van der Waals surface area contributed by atoms with Crippen LogP contribution in [-0.2, 0) is 11.3 Å². The molecule has 1 aliphatic heterocycles. The average Bonchev–Trinajstić information content (AvgIpc) is 2.77. The van der Waals surface area contributed by atoms with E-state index >= 15 is 0 Å². The average molecular weight is 265 g/mol. The second kappa shape index (κ2) is 6.21. The molecular formula is C14H23N3O2. The molecule has 0 aromatic carbocycles. The van der Waals surface area contributed by atoms with Crippen LogP contribution in [0.15, 0.2) is 16.5 Å². The molecule has 1 aromatic heterocycles. The maximum Gasteiger partial charge on any atom is 0.221 e. The van der Waals surface area contributed by atoms with Crippen LogP contribution in [0.2, 0.25) is 0 Å². The molecule has 5 heteroatoms. The summed E-state index contributed by atoms with van der Waals surface area (Å²) in [5.41, 5.74) is 0. The van der Waals surface area contributed by atoms with Crippen molar-refractivity contribution in [3.63, 3.8) is 0 Å². The number of rotatable bonds is 4. The highest BCUT2D eigenvalue weighted by Gasteiger charge is 2.24. The van der Waals surface area contributed by atoms with Crippen LogP contribution >= 0.6 is 0 Å². The van der Waals surface area contributed by atoms with Crippen molar-refractivity contribution in [3.8, 4) is 0 Å². The Bertz CT molecular complexity index is 430. The molecule has 1 saturated heterocycles. The maximum absolute atomic E-state index is 11.9. The lowest BCUT2D eigenvalue weighted by Crippen LogP contribution is -2.51. The predicted molar refractivity (Wildman–Crippen MR) is 73.8 cm³/mol. The largest absolute Gasteiger partial charge is 0.465 e. The van der Waals surface area contributed by atoms with Crippen LogP contribution in [0.3, 0.4) is 0 Å². The third-order valence-corrected chi connectivity index (χ3v) is 3.66. The van der Waals surface area contributed by atoms with Crippen LogP contribution in [0.25, 0.3) is 0 Å². The fourth-order valence-corrected chi connectivity index (χ4v) is 2.37. The van der Waals surface area contributed by atoms with E-state index < -0.39 is 0 Å². The van der Waals surface area contributed by atoms with Gasteiger partial charge in [0.15, 0.2) is 0 Å². The van der Waals surface area contributed by atoms with E-state index in [1.54, 1.807) is 0 Å². The minimum absolute atomic E-state index is 0.0844. The van der Waals surface area contributed by atoms with Crippen molar-refractivity contribution < 1.29 is 9.21 Å². The van der Waals surface area contributed by atoms with Crippen LogP contribution in [-0.4, -0.2) is 55.5 Å². The van der Waals surface area contributed by atoms with E-state index in [-0.39, 0.29) is 5.91 Å². The maximum atomic E-state index is 11.9. The molecule has 0 saturated carbocycles. The highest BCUT2D eigenvalue weighted by Crippen LogP contribution is 2.10. The summed E-state index contributed by atoms with van der Waals surface area (Å²) in [7, 11) is 4.18. The molecule has 1 atom stereocenters. The zero-order valence-corrected chi connectivity index (χ0v) is 12.0. The molecular weight excluding hydrogens is 242 g/mol. The van der Waals surface area contributed by atoms with Crippen molar-refractivity contribution in [1.29, 1.82) is 0 Å². The molecule has 1 N–H and O–H groups in total. The predicted octanol–water partition coefficient (Wildman–Crippen LogP) is 0.840. The van der Waals surface area contributed by atoms with Gasteiger partial charge >= 0.3 is 0 Å². The smallest absolute Gasteiger partial charge is 0.221 e. The Kier molecular flexibility index (Phi) is 4.61. The summed E-state index contributed by atoms with van der Waals surface area (Å²) in [5, 5.41) is 2.92. The van der Waals surface area contributed by atoms with Crippen molar-refractivity contribution in [2.24, 2.45) is 0 Å². The number of nitrogens with one attached hydrogen (secondary N) is 1. The minimum atomic E-state index is 0.0844. The summed E-state index contributed by atoms with van der Waals surface area (Å²) in [4.78, 5) is 16.5. The molecule has 1 aliphatic rings. The number of piperazine rings is 1. The highest BCUT2D eigenvalue weighted by atomic mass is 16.3. The fourth-order valence-electron chi connectivity index (χ4n) is 2.37. The topological polar surface area (TPSA) is 48.7 Å². The molecule has 1 fully saturated rings. The van der Waals surface area contributed by atoms with Crippen LogP contribution in [0.1, 0.15) is 17.9 Å². The molecule has 2 rings (SSSR count). The van der Waals surface area contributed by atoms with E-state index in [9.17, 15) is 4.79 Å². The van der Waals surface area contributed by atoms with Crippen LogP contribution < -0.4 is 5.32 Å². The molecule has 0 radical (unpaired) electrons. The molecule has 106 valence electrons. The van der Waals surface area contributed by atoms with Gasteiger partial charge in [-0.1, -0.05) is 0 Å². The van der Waals surface area contributed by atoms with Gasteiger partial charge in [0.05, 0.1) is 6.54 Å². The first-order valence-corrected chi connectivity index (χ1v) is 6.75. The molecule has 0 aliphatic carbocycles. The van der Waals surface area contributed by atoms with Crippen molar-refractivity contribution >= 4 is 5.91 Å². The fraction of sp³-hybridized carbons (Fsp3) is 0.643. The summed E-state index contributed by atoms with van der Waals surface area (Å²) in [6.45, 7) is 5.41. The summed E-state index contributed by atoms with van der Waals surface area (Å²) in [5.74, 6) is 1.76. The zero-order chi connectivity index (χ0) is 13.8. The van der Waals surface area contributed by atoms with Gasteiger partial charge in [0.2, 0.25) is 5.91 Å². The lowest BCUT2D eigenvalue weighted by atomic mass is 10.1. The first kappa shape index (κ1) is 14.1. The standard InChI is InChI=1S/C14H23N3O2/c1-11-4-5-13(19-11)9-15-14(18)8-12-10-16(2)6-7-17(12)3/h4-5,12H,6-10H2,1-3H3,(H,15,18)/t12-/m1/s1. The van der Waals surface area contributed by atoms with Crippen molar-refractivity contribution in [1.82, 2.24) is 15.1 Å². The number of amides is 1. The van der Waals surface area contributed by atoms with Gasteiger partial charge in [-0.25, -0.2) is 0 Å². The second-order valence-corrected chi connectivity index (χ2v) is 5.39. The molecule has 19 heavy (non-hydrogen) atoms. The van der Waals surface area contributed by atoms with Gasteiger partial charge in [0, 0.05) is 32.1 Å². The molecule has 1 amide bonds. The third kappa shape index (κ3) is 4.08. The quantitative estimate of drug-likeness (QED) is 0.876. The van der Waals surface area contributed by atoms with Crippen molar-refractivity contribution in [2.45, 2.75) is 25.9 Å². The van der Waals surface area contributed by atoms with E-state index in [0.717, 1.165) is 31.2 Å². The number of furan rings is 1. The van der Waals surface area contributed by atoms with Gasteiger partial charge in [-0.2, -0.15) is 0 Å². The Morgan fingerprint density at radius 3 is 2.89 bits per heavy atom. The highest BCUT2D eigenvalue weighted by molar-refractivity contribution is 5.76. The van der Waals surface area contributed by atoms with Gasteiger partial charge in [-0.15, -0.1) is 0 Å². The number of hydrogen-bond donors (Lipinski definition) is 1. The van der Waals surface area contributed by atoms with Gasteiger partial charge in [0.25, 0.3) is 0 Å².